The van der Waals surface area contributed by atoms with E-state index in [-0.39, 0.29) is 0 Å². The molecule has 0 bridgehead atoms. The summed E-state index contributed by atoms with van der Waals surface area (Å²) in [6.07, 6.45) is 2.70. The predicted molar refractivity (Wildman–Crippen MR) is 87.3 cm³/mol. The number of hydrogen-bond acceptors (Lipinski definition) is 2. The van der Waals surface area contributed by atoms with E-state index in [9.17, 15) is 0 Å². The fraction of sp³-hybridized carbons (Fsp3) is 0.667. The van der Waals surface area contributed by atoms with Gasteiger partial charge in [0.2, 0.25) is 0 Å². The van der Waals surface area contributed by atoms with Crippen molar-refractivity contribution in [2.45, 2.75) is 46.6 Å². The highest BCUT2D eigenvalue weighted by Gasteiger charge is 2.21. The van der Waals surface area contributed by atoms with Gasteiger partial charge >= 0.3 is 0 Å². The van der Waals surface area contributed by atoms with Crippen LogP contribution in [-0.2, 0) is 0 Å². The van der Waals surface area contributed by atoms with Crippen molar-refractivity contribution in [1.29, 1.82) is 0 Å². The Balaban J connectivity index is 2.08. The minimum atomic E-state index is 0.498. The summed E-state index contributed by atoms with van der Waals surface area (Å²) in [6, 6.07) is 5.13. The van der Waals surface area contributed by atoms with Gasteiger partial charge in [-0.25, -0.2) is 0 Å². The Morgan fingerprint density at radius 2 is 1.90 bits per heavy atom. The number of nitrogens with one attached hydrogen (secondary N) is 1. The van der Waals surface area contributed by atoms with Crippen molar-refractivity contribution in [2.24, 2.45) is 5.92 Å². The monoisotopic (exact) mass is 274 g/mol. The molecule has 1 aliphatic heterocycles. The maximum atomic E-state index is 3.52. The molecule has 112 valence electrons. The molecule has 1 N–H and O–H groups in total. The van der Waals surface area contributed by atoms with E-state index in [0.29, 0.717) is 6.04 Å². The first-order valence-corrected chi connectivity index (χ1v) is 7.97. The Morgan fingerprint density at radius 3 is 2.45 bits per heavy atom. The van der Waals surface area contributed by atoms with Crippen LogP contribution in [0.15, 0.2) is 12.1 Å². The average molecular weight is 274 g/mol. The van der Waals surface area contributed by atoms with E-state index in [1.165, 1.54) is 54.7 Å². The quantitative estimate of drug-likeness (QED) is 0.902. The molecule has 2 heteroatoms. The van der Waals surface area contributed by atoms with Gasteiger partial charge in [-0.3, -0.25) is 4.90 Å². The molecule has 0 radical (unpaired) electrons. The summed E-state index contributed by atoms with van der Waals surface area (Å²) in [7, 11) is 2.28. The Hall–Kier alpha value is -0.860. The van der Waals surface area contributed by atoms with Crippen molar-refractivity contribution >= 4 is 0 Å². The SMILES string of the molecule is Cc1cc(C)c(C(C)N(C)CC2CCCNC2)c(C)c1. The molecule has 1 aliphatic rings. The van der Waals surface area contributed by atoms with Crippen molar-refractivity contribution < 1.29 is 0 Å². The molecule has 2 atom stereocenters. The fourth-order valence-electron chi connectivity index (χ4n) is 3.72. The summed E-state index contributed by atoms with van der Waals surface area (Å²) in [5.74, 6) is 0.808. The van der Waals surface area contributed by atoms with Gasteiger partial charge in [0.05, 0.1) is 0 Å². The van der Waals surface area contributed by atoms with E-state index in [1.54, 1.807) is 0 Å². The van der Waals surface area contributed by atoms with Crippen molar-refractivity contribution in [3.63, 3.8) is 0 Å². The van der Waals surface area contributed by atoms with Crippen LogP contribution in [-0.4, -0.2) is 31.6 Å². The Morgan fingerprint density at radius 1 is 1.25 bits per heavy atom. The molecular formula is C18H30N2. The van der Waals surface area contributed by atoms with Gasteiger partial charge in [-0.1, -0.05) is 17.7 Å². The zero-order valence-electron chi connectivity index (χ0n) is 13.8. The molecule has 1 aromatic carbocycles. The average Bonchev–Trinajstić information content (AvgIpc) is 2.38. The first-order valence-electron chi connectivity index (χ1n) is 7.97. The smallest absolute Gasteiger partial charge is 0.0322 e. The third-order valence-electron chi connectivity index (χ3n) is 4.76. The van der Waals surface area contributed by atoms with E-state index in [4.69, 9.17) is 0 Å². The molecule has 2 rings (SSSR count). The molecule has 1 fully saturated rings. The van der Waals surface area contributed by atoms with Crippen molar-refractivity contribution in [3.8, 4) is 0 Å². The summed E-state index contributed by atoms with van der Waals surface area (Å²) < 4.78 is 0. The van der Waals surface area contributed by atoms with Crippen LogP contribution in [0.3, 0.4) is 0 Å². The first-order chi connectivity index (χ1) is 9.49. The van der Waals surface area contributed by atoms with Crippen LogP contribution >= 0.6 is 0 Å². The number of benzene rings is 1. The second kappa shape index (κ2) is 6.73. The van der Waals surface area contributed by atoms with Crippen LogP contribution in [0.4, 0.5) is 0 Å². The lowest BCUT2D eigenvalue weighted by atomic mass is 9.93. The van der Waals surface area contributed by atoms with Gasteiger partial charge in [0.15, 0.2) is 0 Å². The summed E-state index contributed by atoms with van der Waals surface area (Å²) in [5, 5.41) is 3.52. The van der Waals surface area contributed by atoms with Crippen molar-refractivity contribution in [2.75, 3.05) is 26.7 Å². The van der Waals surface area contributed by atoms with Crippen LogP contribution in [0.25, 0.3) is 0 Å². The van der Waals surface area contributed by atoms with Crippen LogP contribution in [0.1, 0.15) is 48.1 Å². The molecule has 0 amide bonds. The first kappa shape index (κ1) is 15.5. The highest BCUT2D eigenvalue weighted by atomic mass is 15.1. The van der Waals surface area contributed by atoms with Crippen molar-refractivity contribution in [1.82, 2.24) is 10.2 Å². The molecule has 0 spiro atoms. The molecule has 20 heavy (non-hydrogen) atoms. The van der Waals surface area contributed by atoms with E-state index in [1.807, 2.05) is 0 Å². The maximum absolute atomic E-state index is 3.52. The van der Waals surface area contributed by atoms with Crippen LogP contribution in [0.2, 0.25) is 0 Å². The van der Waals surface area contributed by atoms with Crippen molar-refractivity contribution in [3.05, 3.63) is 34.4 Å². The molecule has 2 nitrogen and oxygen atoms in total. The number of rotatable bonds is 4. The second-order valence-corrected chi connectivity index (χ2v) is 6.64. The van der Waals surface area contributed by atoms with Gasteiger partial charge < -0.3 is 5.32 Å². The molecule has 2 unspecified atom stereocenters. The lowest BCUT2D eigenvalue weighted by Crippen LogP contribution is -2.37. The van der Waals surface area contributed by atoms with E-state index in [0.717, 1.165) is 5.92 Å². The number of nitrogens with zero attached hydrogens (tertiary/aromatic N) is 1. The third-order valence-corrected chi connectivity index (χ3v) is 4.76. The lowest BCUT2D eigenvalue weighted by molar-refractivity contribution is 0.198. The minimum Gasteiger partial charge on any atom is -0.316 e. The second-order valence-electron chi connectivity index (χ2n) is 6.64. The molecule has 0 aromatic heterocycles. The zero-order valence-corrected chi connectivity index (χ0v) is 13.8. The highest BCUT2D eigenvalue weighted by Crippen LogP contribution is 2.28. The molecule has 1 saturated heterocycles. The lowest BCUT2D eigenvalue weighted by Gasteiger charge is -2.33. The fourth-order valence-corrected chi connectivity index (χ4v) is 3.72. The minimum absolute atomic E-state index is 0.498. The third kappa shape index (κ3) is 3.62. The maximum Gasteiger partial charge on any atom is 0.0322 e. The zero-order chi connectivity index (χ0) is 14.7. The molecular weight excluding hydrogens is 244 g/mol. The van der Waals surface area contributed by atoms with Gasteiger partial charge in [0, 0.05) is 12.6 Å². The molecule has 1 aromatic rings. The normalized spacial score (nSPS) is 21.2. The molecule has 0 saturated carbocycles. The van der Waals surface area contributed by atoms with Gasteiger partial charge in [-0.15, -0.1) is 0 Å². The topological polar surface area (TPSA) is 15.3 Å². The number of hydrogen-bond donors (Lipinski definition) is 1. The molecule has 1 heterocycles. The van der Waals surface area contributed by atoms with Crippen LogP contribution in [0, 0.1) is 26.7 Å². The van der Waals surface area contributed by atoms with Gasteiger partial charge in [0.25, 0.3) is 0 Å². The number of piperidine rings is 1. The highest BCUT2D eigenvalue weighted by molar-refractivity contribution is 5.39. The summed E-state index contributed by atoms with van der Waals surface area (Å²) in [4.78, 5) is 2.53. The van der Waals surface area contributed by atoms with E-state index < -0.39 is 0 Å². The Kier molecular flexibility index (Phi) is 5.22. The Labute approximate surface area is 124 Å². The van der Waals surface area contributed by atoms with Gasteiger partial charge in [0.1, 0.15) is 0 Å². The molecule has 0 aliphatic carbocycles. The number of aryl methyl sites for hydroxylation is 3. The van der Waals surface area contributed by atoms with Crippen LogP contribution < -0.4 is 5.32 Å². The van der Waals surface area contributed by atoms with E-state index in [2.05, 4.69) is 57.1 Å². The van der Waals surface area contributed by atoms with Gasteiger partial charge in [-0.2, -0.15) is 0 Å². The largest absolute Gasteiger partial charge is 0.316 e. The Bertz CT molecular complexity index is 424. The van der Waals surface area contributed by atoms with Crippen LogP contribution in [0.5, 0.6) is 0 Å². The summed E-state index contributed by atoms with van der Waals surface area (Å²) >= 11 is 0. The summed E-state index contributed by atoms with van der Waals surface area (Å²) in [6.45, 7) is 12.6. The van der Waals surface area contributed by atoms with E-state index >= 15 is 0 Å². The van der Waals surface area contributed by atoms with Gasteiger partial charge in [-0.05, 0) is 83.3 Å². The summed E-state index contributed by atoms with van der Waals surface area (Å²) in [5.41, 5.74) is 5.75. The predicted octanol–water partition coefficient (Wildman–Crippen LogP) is 3.60. The standard InChI is InChI=1S/C18H30N2/c1-13-9-14(2)18(15(3)10-13)16(4)20(5)12-17-7-6-8-19-11-17/h9-10,16-17,19H,6-8,11-12H2,1-5H3.